The Labute approximate surface area is 98.4 Å². The Morgan fingerprint density at radius 1 is 1.56 bits per heavy atom. The molecule has 0 bridgehead atoms. The molecule has 0 aromatic carbocycles. The van der Waals surface area contributed by atoms with Gasteiger partial charge in [-0.05, 0) is 26.9 Å². The molecule has 16 heavy (non-hydrogen) atoms. The van der Waals surface area contributed by atoms with Crippen LogP contribution in [0.15, 0.2) is 6.20 Å². The molecule has 1 aromatic rings. The number of aromatic nitrogens is 2. The summed E-state index contributed by atoms with van der Waals surface area (Å²) in [5.74, 6) is 0. The molecule has 4 heteroatoms. The van der Waals surface area contributed by atoms with Crippen molar-refractivity contribution in [2.75, 3.05) is 20.1 Å². The SMILES string of the molecule is CCCCN(C)C(CN)c1cn(C)nc1C. The lowest BCUT2D eigenvalue weighted by molar-refractivity contribution is 0.246. The molecule has 0 aliphatic rings. The van der Waals surface area contributed by atoms with Gasteiger partial charge in [-0.25, -0.2) is 0 Å². The smallest absolute Gasteiger partial charge is 0.0641 e. The fourth-order valence-corrected chi connectivity index (χ4v) is 2.05. The number of unbranched alkanes of at least 4 members (excludes halogenated alkanes) is 1. The number of aryl methyl sites for hydroxylation is 2. The van der Waals surface area contributed by atoms with Gasteiger partial charge in [0, 0.05) is 25.4 Å². The minimum absolute atomic E-state index is 0.292. The van der Waals surface area contributed by atoms with Crippen molar-refractivity contribution in [3.05, 3.63) is 17.5 Å². The molecule has 0 aliphatic carbocycles. The van der Waals surface area contributed by atoms with E-state index in [1.54, 1.807) is 0 Å². The molecule has 1 aromatic heterocycles. The van der Waals surface area contributed by atoms with E-state index in [1.165, 1.54) is 18.4 Å². The summed E-state index contributed by atoms with van der Waals surface area (Å²) in [5.41, 5.74) is 8.21. The molecule has 1 rings (SSSR count). The van der Waals surface area contributed by atoms with Crippen LogP contribution in [0.25, 0.3) is 0 Å². The van der Waals surface area contributed by atoms with Crippen LogP contribution in [0.2, 0.25) is 0 Å². The summed E-state index contributed by atoms with van der Waals surface area (Å²) in [6.07, 6.45) is 4.51. The monoisotopic (exact) mass is 224 g/mol. The first kappa shape index (κ1) is 13.2. The van der Waals surface area contributed by atoms with E-state index in [1.807, 2.05) is 18.7 Å². The standard InChI is InChI=1S/C12H24N4/c1-5-6-7-15(3)12(8-13)11-9-16(4)14-10(11)2/h9,12H,5-8,13H2,1-4H3. The summed E-state index contributed by atoms with van der Waals surface area (Å²) in [6.45, 7) is 5.99. The third kappa shape index (κ3) is 3.06. The van der Waals surface area contributed by atoms with Crippen molar-refractivity contribution in [2.24, 2.45) is 12.8 Å². The first-order valence-corrected chi connectivity index (χ1v) is 6.00. The molecule has 1 heterocycles. The second kappa shape index (κ2) is 6.01. The van der Waals surface area contributed by atoms with Gasteiger partial charge in [0.15, 0.2) is 0 Å². The number of nitrogens with two attached hydrogens (primary N) is 1. The lowest BCUT2D eigenvalue weighted by Gasteiger charge is -2.26. The van der Waals surface area contributed by atoms with Gasteiger partial charge < -0.3 is 5.73 Å². The van der Waals surface area contributed by atoms with Gasteiger partial charge in [0.25, 0.3) is 0 Å². The lowest BCUT2D eigenvalue weighted by Crippen LogP contribution is -2.31. The Morgan fingerprint density at radius 2 is 2.25 bits per heavy atom. The molecule has 1 atom stereocenters. The number of rotatable bonds is 6. The zero-order valence-electron chi connectivity index (χ0n) is 10.9. The largest absolute Gasteiger partial charge is 0.329 e. The molecule has 2 N–H and O–H groups in total. The van der Waals surface area contributed by atoms with Crippen molar-refractivity contribution in [2.45, 2.75) is 32.7 Å². The first-order chi connectivity index (χ1) is 7.60. The highest BCUT2D eigenvalue weighted by Crippen LogP contribution is 2.21. The topological polar surface area (TPSA) is 47.1 Å². The van der Waals surface area contributed by atoms with Crippen LogP contribution in [0.5, 0.6) is 0 Å². The highest BCUT2D eigenvalue weighted by molar-refractivity contribution is 5.20. The highest BCUT2D eigenvalue weighted by Gasteiger charge is 2.18. The van der Waals surface area contributed by atoms with E-state index >= 15 is 0 Å². The molecule has 0 saturated heterocycles. The molecular formula is C12H24N4. The maximum Gasteiger partial charge on any atom is 0.0641 e. The van der Waals surface area contributed by atoms with Crippen LogP contribution in [0.1, 0.15) is 37.1 Å². The fourth-order valence-electron chi connectivity index (χ4n) is 2.05. The third-order valence-electron chi connectivity index (χ3n) is 3.03. The third-order valence-corrected chi connectivity index (χ3v) is 3.03. The van der Waals surface area contributed by atoms with Crippen molar-refractivity contribution in [1.82, 2.24) is 14.7 Å². The maximum absolute atomic E-state index is 5.88. The van der Waals surface area contributed by atoms with Crippen LogP contribution in [-0.2, 0) is 7.05 Å². The predicted octanol–water partition coefficient (Wildman–Crippen LogP) is 1.46. The Morgan fingerprint density at radius 3 is 2.69 bits per heavy atom. The zero-order chi connectivity index (χ0) is 12.1. The average Bonchev–Trinajstić information content (AvgIpc) is 2.56. The van der Waals surface area contributed by atoms with Crippen molar-refractivity contribution < 1.29 is 0 Å². The van der Waals surface area contributed by atoms with E-state index in [-0.39, 0.29) is 0 Å². The second-order valence-corrected chi connectivity index (χ2v) is 4.43. The molecule has 0 aliphatic heterocycles. The van der Waals surface area contributed by atoms with Crippen LogP contribution < -0.4 is 5.73 Å². The summed E-state index contributed by atoms with van der Waals surface area (Å²) in [7, 11) is 4.09. The predicted molar refractivity (Wildman–Crippen MR) is 67.3 cm³/mol. The zero-order valence-corrected chi connectivity index (χ0v) is 10.9. The van der Waals surface area contributed by atoms with Gasteiger partial charge in [-0.1, -0.05) is 13.3 Å². The average molecular weight is 224 g/mol. The highest BCUT2D eigenvalue weighted by atomic mass is 15.3. The minimum Gasteiger partial charge on any atom is -0.329 e. The second-order valence-electron chi connectivity index (χ2n) is 4.43. The molecule has 0 radical (unpaired) electrons. The van der Waals surface area contributed by atoms with E-state index in [9.17, 15) is 0 Å². The Hall–Kier alpha value is -0.870. The summed E-state index contributed by atoms with van der Waals surface area (Å²) < 4.78 is 1.86. The van der Waals surface area contributed by atoms with Gasteiger partial charge in [-0.2, -0.15) is 5.10 Å². The molecule has 0 fully saturated rings. The molecule has 4 nitrogen and oxygen atoms in total. The molecule has 0 amide bonds. The van der Waals surface area contributed by atoms with Gasteiger partial charge in [-0.15, -0.1) is 0 Å². The summed E-state index contributed by atoms with van der Waals surface area (Å²) >= 11 is 0. The Kier molecular flexibility index (Phi) is 4.96. The number of nitrogens with zero attached hydrogens (tertiary/aromatic N) is 3. The summed E-state index contributed by atoms with van der Waals surface area (Å²) in [6, 6.07) is 0.292. The van der Waals surface area contributed by atoms with Crippen LogP contribution in [0.4, 0.5) is 0 Å². The molecule has 92 valence electrons. The van der Waals surface area contributed by atoms with Crippen LogP contribution in [0, 0.1) is 6.92 Å². The van der Waals surface area contributed by atoms with Crippen molar-refractivity contribution in [1.29, 1.82) is 0 Å². The Bertz CT molecular complexity index is 319. The Balaban J connectivity index is 2.77. The molecule has 0 saturated carbocycles. The summed E-state index contributed by atoms with van der Waals surface area (Å²) in [5, 5.41) is 4.38. The first-order valence-electron chi connectivity index (χ1n) is 6.00. The van der Waals surface area contributed by atoms with Gasteiger partial charge in [0.1, 0.15) is 0 Å². The molecule has 0 spiro atoms. The quantitative estimate of drug-likeness (QED) is 0.796. The van der Waals surface area contributed by atoms with E-state index in [4.69, 9.17) is 5.73 Å². The van der Waals surface area contributed by atoms with Crippen LogP contribution in [-0.4, -0.2) is 34.8 Å². The van der Waals surface area contributed by atoms with E-state index in [0.717, 1.165) is 12.2 Å². The van der Waals surface area contributed by atoms with Crippen molar-refractivity contribution >= 4 is 0 Å². The van der Waals surface area contributed by atoms with Gasteiger partial charge in [0.2, 0.25) is 0 Å². The maximum atomic E-state index is 5.88. The van der Waals surface area contributed by atoms with Gasteiger partial charge >= 0.3 is 0 Å². The van der Waals surface area contributed by atoms with Gasteiger partial charge in [0.05, 0.1) is 11.7 Å². The van der Waals surface area contributed by atoms with Gasteiger partial charge in [-0.3, -0.25) is 9.58 Å². The van der Waals surface area contributed by atoms with Crippen molar-refractivity contribution in [3.63, 3.8) is 0 Å². The van der Waals surface area contributed by atoms with Crippen LogP contribution in [0.3, 0.4) is 0 Å². The number of hydrogen-bond donors (Lipinski definition) is 1. The molecular weight excluding hydrogens is 200 g/mol. The molecule has 1 unspecified atom stereocenters. The van der Waals surface area contributed by atoms with Crippen LogP contribution >= 0.6 is 0 Å². The normalized spacial score (nSPS) is 13.4. The number of likely N-dealkylation sites (N-methyl/N-ethyl adjacent to an activating group) is 1. The minimum atomic E-state index is 0.292. The van der Waals surface area contributed by atoms with E-state index < -0.39 is 0 Å². The lowest BCUT2D eigenvalue weighted by atomic mass is 10.1. The van der Waals surface area contributed by atoms with E-state index in [0.29, 0.717) is 12.6 Å². The number of hydrogen-bond acceptors (Lipinski definition) is 3. The summed E-state index contributed by atoms with van der Waals surface area (Å²) in [4.78, 5) is 2.33. The van der Waals surface area contributed by atoms with Crippen molar-refractivity contribution in [3.8, 4) is 0 Å². The van der Waals surface area contributed by atoms with E-state index in [2.05, 4.69) is 30.2 Å². The fraction of sp³-hybridized carbons (Fsp3) is 0.750.